The fourth-order valence-electron chi connectivity index (χ4n) is 3.26. The number of carbonyl (C=O) groups excluding carboxylic acids is 1. The number of carbonyl (C=O) groups is 1. The minimum atomic E-state index is -0.204. The third kappa shape index (κ3) is 4.80. The predicted octanol–water partition coefficient (Wildman–Crippen LogP) is 5.10. The Morgan fingerprint density at radius 3 is 2.68 bits per heavy atom. The number of amides is 1. The molecule has 2 heterocycles. The zero-order chi connectivity index (χ0) is 22.1. The van der Waals surface area contributed by atoms with Crippen LogP contribution >= 0.6 is 35.0 Å². The summed E-state index contributed by atoms with van der Waals surface area (Å²) < 4.78 is 2.20. The Bertz CT molecular complexity index is 1210. The van der Waals surface area contributed by atoms with E-state index in [2.05, 4.69) is 44.9 Å². The summed E-state index contributed by atoms with van der Waals surface area (Å²) >= 11 is 13.6. The molecule has 160 valence electrons. The molecule has 1 saturated heterocycles. The first-order valence-electron chi connectivity index (χ1n) is 9.67. The number of halogens is 2. The fourth-order valence-corrected chi connectivity index (χ4v) is 4.57. The average Bonchev–Trinajstić information content (AvgIpc) is 3.21. The van der Waals surface area contributed by atoms with Gasteiger partial charge in [0.2, 0.25) is 0 Å². The van der Waals surface area contributed by atoms with E-state index in [0.29, 0.717) is 25.8 Å². The van der Waals surface area contributed by atoms with Gasteiger partial charge in [-0.2, -0.15) is 0 Å². The summed E-state index contributed by atoms with van der Waals surface area (Å²) in [6, 6.07) is 11.2. The molecule has 0 atom stereocenters. The van der Waals surface area contributed by atoms with Gasteiger partial charge in [0.1, 0.15) is 11.5 Å². The van der Waals surface area contributed by atoms with E-state index in [1.165, 1.54) is 11.8 Å². The van der Waals surface area contributed by atoms with Gasteiger partial charge >= 0.3 is 0 Å². The van der Waals surface area contributed by atoms with Crippen LogP contribution in [0.3, 0.4) is 0 Å². The molecule has 1 fully saturated rings. The van der Waals surface area contributed by atoms with Crippen LogP contribution in [0.4, 0.5) is 5.69 Å². The van der Waals surface area contributed by atoms with Crippen LogP contribution in [0.15, 0.2) is 46.3 Å². The zero-order valence-corrected chi connectivity index (χ0v) is 19.6. The number of aryl methyl sites for hydroxylation is 1. The van der Waals surface area contributed by atoms with Crippen molar-refractivity contribution in [3.63, 3.8) is 0 Å². The van der Waals surface area contributed by atoms with Gasteiger partial charge in [-0.1, -0.05) is 35.3 Å². The van der Waals surface area contributed by atoms with Gasteiger partial charge in [0.05, 0.1) is 26.0 Å². The molecule has 6 nitrogen and oxygen atoms in total. The second-order valence-electron chi connectivity index (χ2n) is 7.41. The molecule has 2 aromatic carbocycles. The number of fused-ring (bicyclic) bond motifs is 1. The van der Waals surface area contributed by atoms with Crippen molar-refractivity contribution in [3.8, 4) is 0 Å². The second-order valence-corrected chi connectivity index (χ2v) is 9.26. The van der Waals surface area contributed by atoms with E-state index in [0.717, 1.165) is 35.5 Å². The summed E-state index contributed by atoms with van der Waals surface area (Å²) in [4.78, 5) is 24.3. The fraction of sp³-hybridized carbons (Fsp3) is 0.227. The number of thioether (sulfide) groups is 1. The van der Waals surface area contributed by atoms with E-state index in [-0.39, 0.29) is 5.91 Å². The van der Waals surface area contributed by atoms with Gasteiger partial charge < -0.3 is 14.8 Å². The Kier molecular flexibility index (Phi) is 6.39. The molecule has 1 N–H and O–H groups in total. The maximum Gasteiger partial charge on any atom is 0.264 e. The normalized spacial score (nSPS) is 16.8. The maximum atomic E-state index is 12.5. The highest BCUT2D eigenvalue weighted by Gasteiger charge is 2.24. The van der Waals surface area contributed by atoms with Gasteiger partial charge in [-0.25, -0.2) is 9.98 Å². The van der Waals surface area contributed by atoms with Gasteiger partial charge in [-0.05, 0) is 68.7 Å². The van der Waals surface area contributed by atoms with Crippen molar-refractivity contribution in [2.75, 3.05) is 20.6 Å². The Morgan fingerprint density at radius 2 is 1.97 bits per heavy atom. The first kappa shape index (κ1) is 21.9. The van der Waals surface area contributed by atoms with E-state index >= 15 is 0 Å². The monoisotopic (exact) mass is 473 g/mol. The van der Waals surface area contributed by atoms with Crippen molar-refractivity contribution in [3.05, 3.63) is 62.7 Å². The number of benzene rings is 2. The summed E-state index contributed by atoms with van der Waals surface area (Å²) in [5.74, 6) is 0.769. The molecule has 1 aliphatic heterocycles. The smallest absolute Gasteiger partial charge is 0.264 e. The van der Waals surface area contributed by atoms with Gasteiger partial charge in [-0.15, -0.1) is 0 Å². The zero-order valence-electron chi connectivity index (χ0n) is 17.3. The molecular weight excluding hydrogens is 453 g/mol. The number of rotatable bonds is 5. The molecule has 3 aromatic rings. The van der Waals surface area contributed by atoms with E-state index in [4.69, 9.17) is 23.2 Å². The van der Waals surface area contributed by atoms with E-state index in [1.54, 1.807) is 18.2 Å². The minimum Gasteiger partial charge on any atom is -0.327 e. The quantitative estimate of drug-likeness (QED) is 0.523. The molecule has 0 aliphatic carbocycles. The summed E-state index contributed by atoms with van der Waals surface area (Å²) in [7, 11) is 4.10. The topological polar surface area (TPSA) is 62.5 Å². The average molecular weight is 474 g/mol. The summed E-state index contributed by atoms with van der Waals surface area (Å²) in [5.41, 5.74) is 3.36. The van der Waals surface area contributed by atoms with E-state index in [9.17, 15) is 4.79 Å². The Labute approximate surface area is 194 Å². The number of nitrogens with zero attached hydrogens (tertiary/aromatic N) is 4. The Morgan fingerprint density at radius 1 is 1.23 bits per heavy atom. The van der Waals surface area contributed by atoms with Crippen LogP contribution in [0.5, 0.6) is 0 Å². The molecule has 1 aromatic heterocycles. The van der Waals surface area contributed by atoms with Crippen LogP contribution in [0.25, 0.3) is 17.1 Å². The number of imidazole rings is 1. The molecule has 0 bridgehead atoms. The number of hydrogen-bond acceptors (Lipinski definition) is 5. The lowest BCUT2D eigenvalue weighted by molar-refractivity contribution is -0.115. The second kappa shape index (κ2) is 9.04. The lowest BCUT2D eigenvalue weighted by Gasteiger charge is -2.12. The Hall–Kier alpha value is -2.32. The van der Waals surface area contributed by atoms with E-state index < -0.39 is 0 Å². The van der Waals surface area contributed by atoms with Crippen molar-refractivity contribution in [2.45, 2.75) is 13.5 Å². The number of aliphatic imine (C=N–C) groups is 1. The molecule has 0 unspecified atom stereocenters. The highest BCUT2D eigenvalue weighted by molar-refractivity contribution is 8.18. The van der Waals surface area contributed by atoms with Crippen LogP contribution in [0, 0.1) is 6.92 Å². The van der Waals surface area contributed by atoms with Crippen molar-refractivity contribution in [1.82, 2.24) is 19.8 Å². The van der Waals surface area contributed by atoms with Gasteiger partial charge in [0.25, 0.3) is 5.91 Å². The third-order valence-corrected chi connectivity index (χ3v) is 6.35. The lowest BCUT2D eigenvalue weighted by atomic mass is 10.2. The van der Waals surface area contributed by atoms with Crippen molar-refractivity contribution >= 4 is 68.8 Å². The summed E-state index contributed by atoms with van der Waals surface area (Å²) in [5, 5.41) is 4.08. The molecule has 4 rings (SSSR count). The van der Waals surface area contributed by atoms with Crippen molar-refractivity contribution in [2.24, 2.45) is 4.99 Å². The van der Waals surface area contributed by atoms with Gasteiger partial charge in [0.15, 0.2) is 5.17 Å². The third-order valence-electron chi connectivity index (χ3n) is 4.83. The summed E-state index contributed by atoms with van der Waals surface area (Å²) in [6.45, 7) is 3.77. The first-order valence-corrected chi connectivity index (χ1v) is 11.2. The van der Waals surface area contributed by atoms with Crippen LogP contribution in [0.1, 0.15) is 11.4 Å². The largest absolute Gasteiger partial charge is 0.327 e. The van der Waals surface area contributed by atoms with Crippen LogP contribution < -0.4 is 5.32 Å². The number of hydrogen-bond donors (Lipinski definition) is 1. The molecule has 1 aliphatic rings. The molecule has 0 radical (unpaired) electrons. The maximum absolute atomic E-state index is 12.5. The number of likely N-dealkylation sites (N-methyl/N-ethyl adjacent to an activating group) is 1. The minimum absolute atomic E-state index is 0.204. The molecule has 0 spiro atoms. The van der Waals surface area contributed by atoms with E-state index in [1.807, 2.05) is 25.1 Å². The number of nitrogens with one attached hydrogen (secondary N) is 1. The van der Waals surface area contributed by atoms with Crippen molar-refractivity contribution in [1.29, 1.82) is 0 Å². The van der Waals surface area contributed by atoms with Gasteiger partial charge in [0, 0.05) is 13.1 Å². The first-order chi connectivity index (χ1) is 14.8. The molecule has 1 amide bonds. The molecular formula is C22H21Cl2N5OS. The number of amidine groups is 1. The predicted molar refractivity (Wildman–Crippen MR) is 130 cm³/mol. The molecule has 0 saturated carbocycles. The SMILES string of the molecule is Cc1nc2ccc(C=C3SC(=Nc4c(Cl)cccc4Cl)NC3=O)cc2n1CCN(C)C. The van der Waals surface area contributed by atoms with Gasteiger partial charge in [-0.3, -0.25) is 4.79 Å². The molecule has 31 heavy (non-hydrogen) atoms. The van der Waals surface area contributed by atoms with Crippen LogP contribution in [0.2, 0.25) is 10.0 Å². The highest BCUT2D eigenvalue weighted by atomic mass is 35.5. The van der Waals surface area contributed by atoms with Crippen molar-refractivity contribution < 1.29 is 4.79 Å². The molecule has 9 heteroatoms. The lowest BCUT2D eigenvalue weighted by Crippen LogP contribution is -2.19. The Balaban J connectivity index is 1.63. The number of aromatic nitrogens is 2. The van der Waals surface area contributed by atoms with Crippen LogP contribution in [-0.4, -0.2) is 46.2 Å². The highest BCUT2D eigenvalue weighted by Crippen LogP contribution is 2.35. The standard InChI is InChI=1S/C22H21Cl2N5OS/c1-13-25-17-8-7-14(11-18(17)29(13)10-9-28(2)3)12-19-21(30)27-22(31-19)26-20-15(23)5-4-6-16(20)24/h4-8,11-12H,9-10H2,1-3H3,(H,26,27,30). The number of para-hydroxylation sites is 1. The van der Waals surface area contributed by atoms with Crippen LogP contribution in [-0.2, 0) is 11.3 Å². The summed E-state index contributed by atoms with van der Waals surface area (Å²) in [6.07, 6.45) is 1.86.